The molecule has 0 aromatic carbocycles. The number of nitrogens with one attached hydrogen (secondary N) is 1. The summed E-state index contributed by atoms with van der Waals surface area (Å²) < 4.78 is 32.1. The molecule has 1 aliphatic rings. The van der Waals surface area contributed by atoms with E-state index in [1.54, 1.807) is 0 Å². The van der Waals surface area contributed by atoms with E-state index < -0.39 is 10.0 Å². The highest BCUT2D eigenvalue weighted by molar-refractivity contribution is 7.89. The Morgan fingerprint density at radius 2 is 1.96 bits per heavy atom. The molecule has 1 fully saturated rings. The monoisotopic (exact) mass is 402 g/mol. The SMILES string of the molecule is CCCc1sc(C(=O)NCCS(=O)(=O)N2C[C@@H](C)O[C@@H](C)C2)cc1CC. The minimum atomic E-state index is -3.40. The molecule has 148 valence electrons. The molecule has 0 saturated carbocycles. The van der Waals surface area contributed by atoms with E-state index in [4.69, 9.17) is 4.74 Å². The van der Waals surface area contributed by atoms with Crippen molar-refractivity contribution in [2.75, 3.05) is 25.4 Å². The fourth-order valence-electron chi connectivity index (χ4n) is 3.18. The van der Waals surface area contributed by atoms with Crippen LogP contribution < -0.4 is 5.32 Å². The third-order valence-corrected chi connectivity index (χ3v) is 7.44. The second kappa shape index (κ2) is 9.30. The van der Waals surface area contributed by atoms with Gasteiger partial charge in [-0.25, -0.2) is 8.42 Å². The van der Waals surface area contributed by atoms with Gasteiger partial charge in [0, 0.05) is 24.5 Å². The summed E-state index contributed by atoms with van der Waals surface area (Å²) in [6.07, 6.45) is 2.70. The van der Waals surface area contributed by atoms with Gasteiger partial charge in [0.25, 0.3) is 5.91 Å². The highest BCUT2D eigenvalue weighted by atomic mass is 32.2. The number of morpholine rings is 1. The third kappa shape index (κ3) is 5.52. The summed E-state index contributed by atoms with van der Waals surface area (Å²) in [6.45, 7) is 8.80. The summed E-state index contributed by atoms with van der Waals surface area (Å²) in [7, 11) is -3.40. The van der Waals surface area contributed by atoms with Crippen molar-refractivity contribution in [3.05, 3.63) is 21.4 Å². The molecule has 1 N–H and O–H groups in total. The fraction of sp³-hybridized carbons (Fsp3) is 0.722. The average Bonchev–Trinajstić information content (AvgIpc) is 2.97. The van der Waals surface area contributed by atoms with Gasteiger partial charge in [-0.1, -0.05) is 20.3 Å². The second-order valence-corrected chi connectivity index (χ2v) is 10.0. The summed E-state index contributed by atoms with van der Waals surface area (Å²) in [6, 6.07) is 1.94. The van der Waals surface area contributed by atoms with E-state index in [0.717, 1.165) is 19.3 Å². The van der Waals surface area contributed by atoms with Crippen LogP contribution in [0.4, 0.5) is 0 Å². The third-order valence-electron chi connectivity index (χ3n) is 4.40. The minimum Gasteiger partial charge on any atom is -0.373 e. The van der Waals surface area contributed by atoms with Crippen LogP contribution in [0.3, 0.4) is 0 Å². The molecule has 2 heterocycles. The molecule has 0 bridgehead atoms. The van der Waals surface area contributed by atoms with E-state index in [0.29, 0.717) is 18.0 Å². The predicted molar refractivity (Wildman–Crippen MR) is 105 cm³/mol. The number of rotatable bonds is 8. The lowest BCUT2D eigenvalue weighted by Gasteiger charge is -2.34. The van der Waals surface area contributed by atoms with Crippen LogP contribution in [0.2, 0.25) is 0 Å². The van der Waals surface area contributed by atoms with E-state index in [9.17, 15) is 13.2 Å². The van der Waals surface area contributed by atoms with Crippen LogP contribution in [0.1, 0.15) is 54.2 Å². The first-order valence-corrected chi connectivity index (χ1v) is 11.7. The highest BCUT2D eigenvalue weighted by Crippen LogP contribution is 2.24. The lowest BCUT2D eigenvalue weighted by Crippen LogP contribution is -2.49. The first-order chi connectivity index (χ1) is 12.3. The molecule has 0 radical (unpaired) electrons. The molecule has 0 aliphatic carbocycles. The van der Waals surface area contributed by atoms with Crippen LogP contribution >= 0.6 is 11.3 Å². The van der Waals surface area contributed by atoms with Gasteiger partial charge in [0.15, 0.2) is 0 Å². The molecular formula is C18H30N2O4S2. The Morgan fingerprint density at radius 1 is 1.31 bits per heavy atom. The molecular weight excluding hydrogens is 372 g/mol. The number of sulfonamides is 1. The van der Waals surface area contributed by atoms with Crippen LogP contribution in [0.5, 0.6) is 0 Å². The molecule has 6 nitrogen and oxygen atoms in total. The fourth-order valence-corrected chi connectivity index (χ4v) is 5.95. The molecule has 2 atom stereocenters. The van der Waals surface area contributed by atoms with Gasteiger partial charge in [0.05, 0.1) is 22.8 Å². The van der Waals surface area contributed by atoms with E-state index in [2.05, 4.69) is 19.2 Å². The van der Waals surface area contributed by atoms with Crippen LogP contribution in [0, 0.1) is 0 Å². The summed E-state index contributed by atoms with van der Waals surface area (Å²) >= 11 is 1.51. The van der Waals surface area contributed by atoms with Crippen molar-refractivity contribution in [2.24, 2.45) is 0 Å². The van der Waals surface area contributed by atoms with Crippen LogP contribution in [-0.4, -0.2) is 56.2 Å². The van der Waals surface area contributed by atoms with Gasteiger partial charge < -0.3 is 10.1 Å². The van der Waals surface area contributed by atoms with Gasteiger partial charge in [-0.15, -0.1) is 11.3 Å². The number of hydrogen-bond donors (Lipinski definition) is 1. The van der Waals surface area contributed by atoms with Crippen molar-refractivity contribution in [1.29, 1.82) is 0 Å². The topological polar surface area (TPSA) is 75.7 Å². The lowest BCUT2D eigenvalue weighted by atomic mass is 10.1. The van der Waals surface area contributed by atoms with Gasteiger partial charge in [0.1, 0.15) is 0 Å². The van der Waals surface area contributed by atoms with Gasteiger partial charge in [0.2, 0.25) is 10.0 Å². The van der Waals surface area contributed by atoms with Crippen LogP contribution in [0.25, 0.3) is 0 Å². The first kappa shape index (κ1) is 21.3. The number of hydrogen-bond acceptors (Lipinski definition) is 5. The number of thiophene rings is 1. The van der Waals surface area contributed by atoms with E-state index in [1.165, 1.54) is 26.1 Å². The Morgan fingerprint density at radius 3 is 2.54 bits per heavy atom. The molecule has 8 heteroatoms. The largest absolute Gasteiger partial charge is 0.373 e. The first-order valence-electron chi connectivity index (χ1n) is 9.29. The number of carbonyl (C=O) groups is 1. The zero-order valence-corrected chi connectivity index (χ0v) is 17.7. The van der Waals surface area contributed by atoms with Crippen molar-refractivity contribution in [2.45, 2.75) is 59.2 Å². The number of aryl methyl sites for hydroxylation is 2. The maximum Gasteiger partial charge on any atom is 0.261 e. The average molecular weight is 403 g/mol. The van der Waals surface area contributed by atoms with Crippen molar-refractivity contribution in [3.8, 4) is 0 Å². The molecule has 1 aromatic heterocycles. The summed E-state index contributed by atoms with van der Waals surface area (Å²) in [5.41, 5.74) is 1.21. The Labute approximate surface area is 161 Å². The molecule has 0 spiro atoms. The molecule has 26 heavy (non-hydrogen) atoms. The summed E-state index contributed by atoms with van der Waals surface area (Å²) in [5, 5.41) is 2.76. The highest BCUT2D eigenvalue weighted by Gasteiger charge is 2.30. The lowest BCUT2D eigenvalue weighted by molar-refractivity contribution is -0.0440. The van der Waals surface area contributed by atoms with Crippen molar-refractivity contribution in [1.82, 2.24) is 9.62 Å². The Bertz CT molecular complexity index is 705. The van der Waals surface area contributed by atoms with Gasteiger partial charge in [-0.2, -0.15) is 4.31 Å². The summed E-state index contributed by atoms with van der Waals surface area (Å²) in [5.74, 6) is -0.280. The Balaban J connectivity index is 1.91. The molecule has 0 unspecified atom stereocenters. The molecule has 1 amide bonds. The Kier molecular flexibility index (Phi) is 7.63. The van der Waals surface area contributed by atoms with Gasteiger partial charge in [-0.3, -0.25) is 4.79 Å². The smallest absolute Gasteiger partial charge is 0.261 e. The van der Waals surface area contributed by atoms with Crippen molar-refractivity contribution < 1.29 is 17.9 Å². The maximum absolute atomic E-state index is 12.5. The maximum atomic E-state index is 12.5. The zero-order chi connectivity index (χ0) is 19.3. The molecule has 1 aliphatic heterocycles. The van der Waals surface area contributed by atoms with Gasteiger partial charge in [-0.05, 0) is 38.3 Å². The predicted octanol–water partition coefficient (Wildman–Crippen LogP) is 2.43. The van der Waals surface area contributed by atoms with Crippen LogP contribution in [0.15, 0.2) is 6.07 Å². The molecule has 1 saturated heterocycles. The Hall–Kier alpha value is -0.960. The van der Waals surface area contributed by atoms with E-state index in [1.807, 2.05) is 19.9 Å². The van der Waals surface area contributed by atoms with E-state index >= 15 is 0 Å². The minimum absolute atomic E-state index is 0.0913. The standard InChI is InChI=1S/C18H30N2O4S2/c1-5-7-16-15(6-2)10-17(25-16)18(21)19-8-9-26(22,23)20-11-13(3)24-14(4)12-20/h10,13-14H,5-9,11-12H2,1-4H3,(H,19,21)/t13-,14+. The zero-order valence-electron chi connectivity index (χ0n) is 16.1. The number of carbonyl (C=O) groups excluding carboxylic acids is 1. The number of nitrogens with zero attached hydrogens (tertiary/aromatic N) is 1. The van der Waals surface area contributed by atoms with Gasteiger partial charge >= 0.3 is 0 Å². The molecule has 1 aromatic rings. The number of amides is 1. The molecule has 2 rings (SSSR count). The number of ether oxygens (including phenoxy) is 1. The van der Waals surface area contributed by atoms with Crippen molar-refractivity contribution >= 4 is 27.3 Å². The van der Waals surface area contributed by atoms with E-state index in [-0.39, 0.29) is 30.4 Å². The van der Waals surface area contributed by atoms with Crippen molar-refractivity contribution in [3.63, 3.8) is 0 Å². The quantitative estimate of drug-likeness (QED) is 0.725. The summed E-state index contributed by atoms with van der Waals surface area (Å²) in [4.78, 5) is 14.3. The van der Waals surface area contributed by atoms with Crippen LogP contribution in [-0.2, 0) is 27.6 Å². The second-order valence-electron chi connectivity index (χ2n) is 6.81. The normalized spacial score (nSPS) is 21.7.